The first kappa shape index (κ1) is 20.2. The largest absolute Gasteiger partial charge is 0.493 e. The van der Waals surface area contributed by atoms with Crippen LogP contribution in [0, 0.1) is 0 Å². The third-order valence-electron chi connectivity index (χ3n) is 7.30. The number of hydrogen-bond donors (Lipinski definition) is 0. The van der Waals surface area contributed by atoms with E-state index in [2.05, 4.69) is 28.0 Å². The zero-order valence-electron chi connectivity index (χ0n) is 18.4. The van der Waals surface area contributed by atoms with Gasteiger partial charge in [-0.25, -0.2) is 0 Å². The molecule has 0 aromatic heterocycles. The van der Waals surface area contributed by atoms with Crippen LogP contribution in [-0.2, 0) is 4.74 Å². The van der Waals surface area contributed by atoms with Crippen LogP contribution in [0.15, 0.2) is 17.7 Å². The smallest absolute Gasteiger partial charge is 0.163 e. The molecule has 2 saturated heterocycles. The van der Waals surface area contributed by atoms with Crippen LogP contribution in [0.5, 0.6) is 11.5 Å². The van der Waals surface area contributed by atoms with Gasteiger partial charge in [0, 0.05) is 43.1 Å². The topological polar surface area (TPSA) is 34.2 Å². The molecule has 5 nitrogen and oxygen atoms in total. The second kappa shape index (κ2) is 9.19. The maximum Gasteiger partial charge on any atom is 0.163 e. The van der Waals surface area contributed by atoms with Crippen LogP contribution < -0.4 is 14.4 Å². The number of ether oxygens (including phenoxy) is 3. The lowest BCUT2D eigenvalue weighted by molar-refractivity contribution is 0.0832. The molecule has 3 aliphatic heterocycles. The molecule has 1 aromatic carbocycles. The lowest BCUT2D eigenvalue weighted by Gasteiger charge is -2.44. The van der Waals surface area contributed by atoms with Crippen molar-refractivity contribution in [2.75, 3.05) is 51.5 Å². The van der Waals surface area contributed by atoms with Gasteiger partial charge in [0.25, 0.3) is 0 Å². The number of methoxy groups -OCH3 is 1. The molecule has 1 atom stereocenters. The van der Waals surface area contributed by atoms with Crippen molar-refractivity contribution in [3.63, 3.8) is 0 Å². The zero-order valence-corrected chi connectivity index (χ0v) is 18.4. The van der Waals surface area contributed by atoms with Gasteiger partial charge >= 0.3 is 0 Å². The molecule has 0 spiro atoms. The van der Waals surface area contributed by atoms with Crippen LogP contribution in [0.3, 0.4) is 0 Å². The molecule has 0 radical (unpaired) electrons. The van der Waals surface area contributed by atoms with E-state index in [1.165, 1.54) is 56.4 Å². The molecule has 1 aliphatic carbocycles. The molecule has 164 valence electrons. The summed E-state index contributed by atoms with van der Waals surface area (Å²) in [5.41, 5.74) is 4.21. The van der Waals surface area contributed by atoms with Crippen molar-refractivity contribution in [2.24, 2.45) is 0 Å². The summed E-state index contributed by atoms with van der Waals surface area (Å²) in [5, 5.41) is 0. The Balaban J connectivity index is 1.37. The summed E-state index contributed by atoms with van der Waals surface area (Å²) in [6.07, 6.45) is 12.2. The number of nitrogens with zero attached hydrogens (tertiary/aromatic N) is 2. The summed E-state index contributed by atoms with van der Waals surface area (Å²) < 4.78 is 17.7. The highest BCUT2D eigenvalue weighted by molar-refractivity contribution is 5.78. The maximum atomic E-state index is 6.28. The Morgan fingerprint density at radius 2 is 1.87 bits per heavy atom. The summed E-state index contributed by atoms with van der Waals surface area (Å²) in [6.45, 7) is 6.12. The number of fused-ring (bicyclic) bond motifs is 2. The van der Waals surface area contributed by atoms with Crippen molar-refractivity contribution in [1.82, 2.24) is 4.90 Å². The molecule has 5 heteroatoms. The molecule has 0 bridgehead atoms. The SMILES string of the molecule is COc1cc2c(cc1OCCCN1CCCC1)N(C1CCOCC1)C1CCCC1=C2. The number of likely N-dealkylation sites (tertiary alicyclic amines) is 1. The van der Waals surface area contributed by atoms with E-state index in [1.54, 1.807) is 12.7 Å². The second-order valence-electron chi connectivity index (χ2n) is 9.19. The molecule has 1 unspecified atom stereocenters. The highest BCUT2D eigenvalue weighted by Gasteiger charge is 2.37. The molecule has 1 saturated carbocycles. The third-order valence-corrected chi connectivity index (χ3v) is 7.30. The van der Waals surface area contributed by atoms with Crippen molar-refractivity contribution in [3.05, 3.63) is 23.3 Å². The first-order valence-corrected chi connectivity index (χ1v) is 12.0. The minimum atomic E-state index is 0.553. The van der Waals surface area contributed by atoms with Crippen LogP contribution >= 0.6 is 0 Å². The average molecular weight is 413 g/mol. The minimum absolute atomic E-state index is 0.553. The Bertz CT molecular complexity index is 766. The zero-order chi connectivity index (χ0) is 20.3. The number of hydrogen-bond acceptors (Lipinski definition) is 5. The lowest BCUT2D eigenvalue weighted by Crippen LogP contribution is -2.47. The first-order valence-electron chi connectivity index (χ1n) is 12.0. The Morgan fingerprint density at radius 3 is 2.67 bits per heavy atom. The molecule has 5 rings (SSSR count). The standard InChI is InChI=1S/C25H36N2O3/c1-28-24-17-20-16-19-6-4-7-22(19)27(21-8-14-29-15-9-21)23(20)18-25(24)30-13-5-12-26-10-2-3-11-26/h16-18,21-22H,2-15H2,1H3. The molecule has 4 aliphatic rings. The van der Waals surface area contributed by atoms with Crippen molar-refractivity contribution in [3.8, 4) is 11.5 Å². The number of anilines is 1. The van der Waals surface area contributed by atoms with Crippen molar-refractivity contribution >= 4 is 11.8 Å². The fourth-order valence-electron chi connectivity index (χ4n) is 5.77. The van der Waals surface area contributed by atoms with Gasteiger partial charge in [-0.3, -0.25) is 0 Å². The summed E-state index contributed by atoms with van der Waals surface area (Å²) >= 11 is 0. The van der Waals surface area contributed by atoms with E-state index in [1.807, 2.05) is 0 Å². The molecule has 30 heavy (non-hydrogen) atoms. The first-order chi connectivity index (χ1) is 14.8. The van der Waals surface area contributed by atoms with Gasteiger partial charge in [0.1, 0.15) is 0 Å². The highest BCUT2D eigenvalue weighted by Crippen LogP contribution is 2.46. The normalized spacial score (nSPS) is 24.5. The number of rotatable bonds is 7. The van der Waals surface area contributed by atoms with E-state index < -0.39 is 0 Å². The molecule has 1 aromatic rings. The summed E-state index contributed by atoms with van der Waals surface area (Å²) in [5.74, 6) is 1.75. The fourth-order valence-corrected chi connectivity index (χ4v) is 5.77. The van der Waals surface area contributed by atoms with Gasteiger partial charge in [-0.1, -0.05) is 6.08 Å². The highest BCUT2D eigenvalue weighted by atomic mass is 16.5. The minimum Gasteiger partial charge on any atom is -0.493 e. The van der Waals surface area contributed by atoms with E-state index in [-0.39, 0.29) is 0 Å². The summed E-state index contributed by atoms with van der Waals surface area (Å²) in [4.78, 5) is 5.25. The predicted molar refractivity (Wildman–Crippen MR) is 121 cm³/mol. The average Bonchev–Trinajstić information content (AvgIpc) is 3.47. The Morgan fingerprint density at radius 1 is 1.03 bits per heavy atom. The fraction of sp³-hybridized carbons (Fsp3) is 0.680. The van der Waals surface area contributed by atoms with E-state index in [4.69, 9.17) is 14.2 Å². The van der Waals surface area contributed by atoms with Crippen LogP contribution in [0.2, 0.25) is 0 Å². The van der Waals surface area contributed by atoms with E-state index in [0.717, 1.165) is 57.1 Å². The van der Waals surface area contributed by atoms with E-state index >= 15 is 0 Å². The summed E-state index contributed by atoms with van der Waals surface area (Å²) in [6, 6.07) is 5.56. The van der Waals surface area contributed by atoms with Crippen molar-refractivity contribution in [1.29, 1.82) is 0 Å². The number of benzene rings is 1. The molecule has 3 heterocycles. The van der Waals surface area contributed by atoms with Gasteiger partial charge in [0.05, 0.1) is 19.8 Å². The van der Waals surface area contributed by atoms with Gasteiger partial charge in [0.15, 0.2) is 11.5 Å². The Hall–Kier alpha value is -1.72. The molecular formula is C25H36N2O3. The van der Waals surface area contributed by atoms with Gasteiger partial charge in [-0.05, 0) is 76.1 Å². The second-order valence-corrected chi connectivity index (χ2v) is 9.19. The van der Waals surface area contributed by atoms with Gasteiger partial charge in [-0.2, -0.15) is 0 Å². The maximum absolute atomic E-state index is 6.28. The predicted octanol–water partition coefficient (Wildman–Crippen LogP) is 4.49. The van der Waals surface area contributed by atoms with Crippen LogP contribution in [0.4, 0.5) is 5.69 Å². The molecule has 0 amide bonds. The molecule has 0 N–H and O–H groups in total. The van der Waals surface area contributed by atoms with Crippen molar-refractivity contribution < 1.29 is 14.2 Å². The Labute approximate surface area is 181 Å². The van der Waals surface area contributed by atoms with Crippen LogP contribution in [-0.4, -0.2) is 63.5 Å². The van der Waals surface area contributed by atoms with Gasteiger partial charge in [-0.15, -0.1) is 0 Å². The van der Waals surface area contributed by atoms with Crippen LogP contribution in [0.25, 0.3) is 6.08 Å². The lowest BCUT2D eigenvalue weighted by atomic mass is 9.93. The third kappa shape index (κ3) is 4.06. The van der Waals surface area contributed by atoms with E-state index in [0.29, 0.717) is 12.1 Å². The molecular weight excluding hydrogens is 376 g/mol. The molecule has 3 fully saturated rings. The Kier molecular flexibility index (Phi) is 6.19. The summed E-state index contributed by atoms with van der Waals surface area (Å²) in [7, 11) is 1.75. The van der Waals surface area contributed by atoms with Gasteiger partial charge in [0.2, 0.25) is 0 Å². The van der Waals surface area contributed by atoms with Gasteiger partial charge < -0.3 is 24.0 Å². The van der Waals surface area contributed by atoms with E-state index in [9.17, 15) is 0 Å². The quantitative estimate of drug-likeness (QED) is 0.616. The van der Waals surface area contributed by atoms with Crippen molar-refractivity contribution in [2.45, 2.75) is 63.5 Å². The van der Waals surface area contributed by atoms with Crippen LogP contribution in [0.1, 0.15) is 56.9 Å². The monoisotopic (exact) mass is 412 g/mol.